The van der Waals surface area contributed by atoms with Crippen molar-refractivity contribution in [2.24, 2.45) is 5.73 Å². The van der Waals surface area contributed by atoms with Crippen molar-refractivity contribution in [2.75, 3.05) is 0 Å². The predicted octanol–water partition coefficient (Wildman–Crippen LogP) is 2.62. The number of aromatic nitrogens is 1. The van der Waals surface area contributed by atoms with Crippen LogP contribution in [0.15, 0.2) is 26.6 Å². The smallest absolute Gasteiger partial charge is 0.237 e. The molecule has 0 aliphatic rings. The van der Waals surface area contributed by atoms with Crippen LogP contribution in [0.3, 0.4) is 0 Å². The highest BCUT2D eigenvalue weighted by atomic mass is 79.9. The zero-order valence-corrected chi connectivity index (χ0v) is 9.06. The molecule has 2 rings (SSSR count). The van der Waals surface area contributed by atoms with E-state index < -0.39 is 0 Å². The zero-order valence-electron chi connectivity index (χ0n) is 6.66. The minimum Gasteiger partial charge on any atom is -0.443 e. The van der Waals surface area contributed by atoms with E-state index in [9.17, 15) is 0 Å². The van der Waals surface area contributed by atoms with E-state index in [1.165, 1.54) is 0 Å². The van der Waals surface area contributed by atoms with Gasteiger partial charge in [-0.1, -0.05) is 0 Å². The molecule has 5 heteroatoms. The lowest BCUT2D eigenvalue weighted by Gasteiger charge is -1.88. The number of hydrogen-bond acceptors (Lipinski definition) is 4. The molecule has 0 aliphatic heterocycles. The highest BCUT2D eigenvalue weighted by Gasteiger charge is 2.10. The monoisotopic (exact) mass is 258 g/mol. The Balaban J connectivity index is 2.41. The second-order valence-corrected chi connectivity index (χ2v) is 4.22. The van der Waals surface area contributed by atoms with E-state index in [1.54, 1.807) is 17.6 Å². The Hall–Kier alpha value is -0.650. The second-order valence-electron chi connectivity index (χ2n) is 2.45. The summed E-state index contributed by atoms with van der Waals surface area (Å²) in [4.78, 5) is 5.22. The van der Waals surface area contributed by atoms with Crippen LogP contribution in [0.5, 0.6) is 0 Å². The molecule has 13 heavy (non-hydrogen) atoms. The molecule has 0 atom stereocenters. The van der Waals surface area contributed by atoms with Gasteiger partial charge in [0.05, 0.1) is 5.69 Å². The minimum absolute atomic E-state index is 0.409. The number of rotatable bonds is 2. The molecule has 3 nitrogen and oxygen atoms in total. The fourth-order valence-corrected chi connectivity index (χ4v) is 2.42. The first-order valence-electron chi connectivity index (χ1n) is 3.69. The summed E-state index contributed by atoms with van der Waals surface area (Å²) in [6.07, 6.45) is 1.58. The van der Waals surface area contributed by atoms with Crippen LogP contribution in [0, 0.1) is 0 Å². The molecule has 68 valence electrons. The van der Waals surface area contributed by atoms with Gasteiger partial charge in [-0.2, -0.15) is 0 Å². The summed E-state index contributed by atoms with van der Waals surface area (Å²) in [5.74, 6) is 0.627. The molecule has 2 heterocycles. The number of nitrogens with two attached hydrogens (primary N) is 1. The lowest BCUT2D eigenvalue weighted by molar-refractivity contribution is 0.574. The summed E-state index contributed by atoms with van der Waals surface area (Å²) in [6.45, 7) is 0.409. The molecule has 0 unspecified atom stereocenters. The molecular weight excluding hydrogens is 252 g/mol. The fourth-order valence-electron chi connectivity index (χ4n) is 0.951. The number of hydrogen-bond donors (Lipinski definition) is 1. The predicted molar refractivity (Wildman–Crippen MR) is 55.4 cm³/mol. The summed E-state index contributed by atoms with van der Waals surface area (Å²) < 4.78 is 6.27. The molecule has 0 saturated heterocycles. The maximum Gasteiger partial charge on any atom is 0.237 e. The van der Waals surface area contributed by atoms with E-state index >= 15 is 0 Å². The Kier molecular flexibility index (Phi) is 2.48. The van der Waals surface area contributed by atoms with Gasteiger partial charge in [0.1, 0.15) is 11.1 Å². The number of thiophene rings is 1. The Bertz CT molecular complexity index is 410. The van der Waals surface area contributed by atoms with Gasteiger partial charge in [0.2, 0.25) is 5.89 Å². The third-order valence-corrected chi connectivity index (χ3v) is 3.40. The number of halogens is 1. The quantitative estimate of drug-likeness (QED) is 0.901. The van der Waals surface area contributed by atoms with Gasteiger partial charge in [-0.25, -0.2) is 4.98 Å². The van der Waals surface area contributed by atoms with E-state index in [0.29, 0.717) is 12.4 Å². The van der Waals surface area contributed by atoms with E-state index in [-0.39, 0.29) is 0 Å². The average Bonchev–Trinajstić information content (AvgIpc) is 2.71. The lowest BCUT2D eigenvalue weighted by atomic mass is 10.4. The molecule has 0 aromatic carbocycles. The van der Waals surface area contributed by atoms with Crippen molar-refractivity contribution < 1.29 is 4.42 Å². The molecule has 0 saturated carbocycles. The average molecular weight is 259 g/mol. The maximum absolute atomic E-state index is 5.42. The largest absolute Gasteiger partial charge is 0.443 e. The molecular formula is C8H7BrN2OS. The topological polar surface area (TPSA) is 52.0 Å². The van der Waals surface area contributed by atoms with E-state index in [2.05, 4.69) is 20.9 Å². The standard InChI is InChI=1S/C8H7BrN2OS/c9-6-1-2-13-7(6)8-11-5(3-10)4-12-8/h1-2,4H,3,10H2. The van der Waals surface area contributed by atoms with Crippen LogP contribution in [0.4, 0.5) is 0 Å². The first-order chi connectivity index (χ1) is 6.31. The molecule has 0 aliphatic carbocycles. The van der Waals surface area contributed by atoms with E-state index in [1.807, 2.05) is 11.4 Å². The normalized spacial score (nSPS) is 10.6. The molecule has 0 amide bonds. The third-order valence-electron chi connectivity index (χ3n) is 1.57. The molecule has 2 aromatic heterocycles. The fraction of sp³-hybridized carbons (Fsp3) is 0.125. The van der Waals surface area contributed by atoms with Crippen molar-refractivity contribution in [3.05, 3.63) is 27.9 Å². The highest BCUT2D eigenvalue weighted by Crippen LogP contribution is 2.32. The number of nitrogens with zero attached hydrogens (tertiary/aromatic N) is 1. The minimum atomic E-state index is 0.409. The third kappa shape index (κ3) is 1.67. The van der Waals surface area contributed by atoms with Crippen LogP contribution < -0.4 is 5.73 Å². The van der Waals surface area contributed by atoms with Crippen molar-refractivity contribution in [1.82, 2.24) is 4.98 Å². The van der Waals surface area contributed by atoms with Crippen LogP contribution in [-0.2, 0) is 6.54 Å². The van der Waals surface area contributed by atoms with Crippen LogP contribution in [0.25, 0.3) is 10.8 Å². The molecule has 0 radical (unpaired) electrons. The van der Waals surface area contributed by atoms with Crippen LogP contribution in [-0.4, -0.2) is 4.98 Å². The van der Waals surface area contributed by atoms with E-state index in [0.717, 1.165) is 15.0 Å². The van der Waals surface area contributed by atoms with Crippen molar-refractivity contribution in [3.8, 4) is 10.8 Å². The summed E-state index contributed by atoms with van der Waals surface area (Å²) >= 11 is 5.00. The van der Waals surface area contributed by atoms with Gasteiger partial charge < -0.3 is 10.2 Å². The first-order valence-corrected chi connectivity index (χ1v) is 5.36. The Morgan fingerprint density at radius 3 is 3.00 bits per heavy atom. The van der Waals surface area contributed by atoms with Crippen molar-refractivity contribution in [3.63, 3.8) is 0 Å². The van der Waals surface area contributed by atoms with Crippen molar-refractivity contribution >= 4 is 27.3 Å². The summed E-state index contributed by atoms with van der Waals surface area (Å²) in [7, 11) is 0. The Morgan fingerprint density at radius 1 is 1.62 bits per heavy atom. The van der Waals surface area contributed by atoms with Gasteiger partial charge in [0.15, 0.2) is 0 Å². The highest BCUT2D eigenvalue weighted by molar-refractivity contribution is 9.10. The van der Waals surface area contributed by atoms with Gasteiger partial charge in [0, 0.05) is 11.0 Å². The van der Waals surface area contributed by atoms with Gasteiger partial charge in [-0.15, -0.1) is 11.3 Å². The summed E-state index contributed by atoms with van der Waals surface area (Å²) in [5.41, 5.74) is 6.20. The Labute approximate surface area is 87.7 Å². The van der Waals surface area contributed by atoms with Crippen LogP contribution >= 0.6 is 27.3 Å². The maximum atomic E-state index is 5.42. The SMILES string of the molecule is NCc1coc(-c2sccc2Br)n1. The van der Waals surface area contributed by atoms with Crippen LogP contribution in [0.2, 0.25) is 0 Å². The van der Waals surface area contributed by atoms with Gasteiger partial charge >= 0.3 is 0 Å². The van der Waals surface area contributed by atoms with Crippen LogP contribution in [0.1, 0.15) is 5.69 Å². The first kappa shape index (κ1) is 8.93. The summed E-state index contributed by atoms with van der Waals surface area (Å²) in [6, 6.07) is 1.96. The van der Waals surface area contributed by atoms with Crippen molar-refractivity contribution in [1.29, 1.82) is 0 Å². The van der Waals surface area contributed by atoms with Gasteiger partial charge in [-0.3, -0.25) is 0 Å². The Morgan fingerprint density at radius 2 is 2.46 bits per heavy atom. The second kappa shape index (κ2) is 3.61. The molecule has 2 N–H and O–H groups in total. The van der Waals surface area contributed by atoms with Gasteiger partial charge in [0.25, 0.3) is 0 Å². The van der Waals surface area contributed by atoms with Crippen molar-refractivity contribution in [2.45, 2.75) is 6.54 Å². The molecule has 0 fully saturated rings. The lowest BCUT2D eigenvalue weighted by Crippen LogP contribution is -1.95. The summed E-state index contributed by atoms with van der Waals surface area (Å²) in [5, 5.41) is 1.98. The van der Waals surface area contributed by atoms with Gasteiger partial charge in [-0.05, 0) is 27.4 Å². The molecule has 0 bridgehead atoms. The molecule has 0 spiro atoms. The van der Waals surface area contributed by atoms with E-state index in [4.69, 9.17) is 10.2 Å². The zero-order chi connectivity index (χ0) is 9.26. The molecule has 2 aromatic rings. The number of oxazole rings is 1.